The predicted molar refractivity (Wildman–Crippen MR) is 146 cm³/mol. The standard InChI is InChI=1S/C30H43N3O3/c1-22(2)17-18-33(27-13-15-28(16-14-27)36-21-24-7-5-4-6-8-24)26-11-9-25(10-12-26)32-30(35)20-23(3)19-29(31)34/h4-8,13-16,22-23,25-26H,9-12,17-21H2,1-3H3,(H2,31,34)(H,32,35). The molecule has 1 fully saturated rings. The first-order valence-corrected chi connectivity index (χ1v) is 13.4. The third kappa shape index (κ3) is 9.21. The minimum atomic E-state index is -0.354. The van der Waals surface area contributed by atoms with Gasteiger partial charge in [-0.2, -0.15) is 0 Å². The molecule has 0 spiro atoms. The van der Waals surface area contributed by atoms with Gasteiger partial charge in [-0.05, 0) is 73.8 Å². The Morgan fingerprint density at radius 3 is 2.25 bits per heavy atom. The minimum absolute atomic E-state index is 0.0231. The van der Waals surface area contributed by atoms with Gasteiger partial charge in [0.1, 0.15) is 12.4 Å². The molecule has 6 nitrogen and oxygen atoms in total. The van der Waals surface area contributed by atoms with Gasteiger partial charge in [0.2, 0.25) is 11.8 Å². The summed E-state index contributed by atoms with van der Waals surface area (Å²) in [5.41, 5.74) is 7.64. The number of carbonyl (C=O) groups excluding carboxylic acids is 2. The summed E-state index contributed by atoms with van der Waals surface area (Å²) in [6.45, 7) is 8.02. The molecule has 2 amide bonds. The minimum Gasteiger partial charge on any atom is -0.489 e. The number of anilines is 1. The van der Waals surface area contributed by atoms with E-state index in [2.05, 4.69) is 60.5 Å². The highest BCUT2D eigenvalue weighted by atomic mass is 16.5. The van der Waals surface area contributed by atoms with Gasteiger partial charge in [0.25, 0.3) is 0 Å². The van der Waals surface area contributed by atoms with E-state index in [0.29, 0.717) is 25.0 Å². The Morgan fingerprint density at radius 1 is 0.972 bits per heavy atom. The van der Waals surface area contributed by atoms with Crippen molar-refractivity contribution in [1.29, 1.82) is 0 Å². The molecule has 2 aromatic rings. The van der Waals surface area contributed by atoms with Crippen LogP contribution in [0.15, 0.2) is 54.6 Å². The van der Waals surface area contributed by atoms with Gasteiger partial charge in [-0.3, -0.25) is 9.59 Å². The van der Waals surface area contributed by atoms with E-state index in [9.17, 15) is 9.59 Å². The molecule has 0 aromatic heterocycles. The maximum atomic E-state index is 12.4. The molecule has 1 aliphatic carbocycles. The van der Waals surface area contributed by atoms with Crippen LogP contribution in [0.3, 0.4) is 0 Å². The van der Waals surface area contributed by atoms with Crippen molar-refractivity contribution in [3.63, 3.8) is 0 Å². The Bertz CT molecular complexity index is 938. The number of benzene rings is 2. The number of amides is 2. The zero-order chi connectivity index (χ0) is 25.9. The van der Waals surface area contributed by atoms with E-state index in [1.54, 1.807) is 0 Å². The molecule has 196 valence electrons. The number of nitrogens with two attached hydrogens (primary N) is 1. The van der Waals surface area contributed by atoms with Gasteiger partial charge < -0.3 is 20.7 Å². The fourth-order valence-electron chi connectivity index (χ4n) is 4.95. The van der Waals surface area contributed by atoms with Crippen molar-refractivity contribution >= 4 is 17.5 Å². The Hall–Kier alpha value is -3.02. The van der Waals surface area contributed by atoms with Gasteiger partial charge in [0, 0.05) is 37.2 Å². The molecule has 3 rings (SSSR count). The van der Waals surface area contributed by atoms with Gasteiger partial charge in [0.15, 0.2) is 0 Å². The number of rotatable bonds is 13. The molecule has 1 atom stereocenters. The fraction of sp³-hybridized carbons (Fsp3) is 0.533. The van der Waals surface area contributed by atoms with Gasteiger partial charge >= 0.3 is 0 Å². The summed E-state index contributed by atoms with van der Waals surface area (Å²) in [5.74, 6) is 1.16. The number of ether oxygens (including phenoxy) is 1. The van der Waals surface area contributed by atoms with Crippen LogP contribution in [0.25, 0.3) is 0 Å². The van der Waals surface area contributed by atoms with E-state index in [1.165, 1.54) is 5.69 Å². The lowest BCUT2D eigenvalue weighted by Crippen LogP contribution is -2.45. The third-order valence-electron chi connectivity index (χ3n) is 6.95. The van der Waals surface area contributed by atoms with Crippen molar-refractivity contribution in [1.82, 2.24) is 5.32 Å². The number of nitrogens with zero attached hydrogens (tertiary/aromatic N) is 1. The summed E-state index contributed by atoms with van der Waals surface area (Å²) < 4.78 is 5.99. The van der Waals surface area contributed by atoms with Gasteiger partial charge in [-0.1, -0.05) is 51.1 Å². The molecular weight excluding hydrogens is 450 g/mol. The lowest BCUT2D eigenvalue weighted by molar-refractivity contribution is -0.123. The summed E-state index contributed by atoms with van der Waals surface area (Å²) >= 11 is 0. The number of hydrogen-bond donors (Lipinski definition) is 2. The highest BCUT2D eigenvalue weighted by molar-refractivity contribution is 5.78. The molecule has 0 saturated heterocycles. The normalized spacial score (nSPS) is 18.4. The molecular formula is C30H43N3O3. The summed E-state index contributed by atoms with van der Waals surface area (Å²) in [6, 6.07) is 19.4. The molecule has 0 aliphatic heterocycles. The maximum Gasteiger partial charge on any atom is 0.220 e. The van der Waals surface area contributed by atoms with Crippen molar-refractivity contribution < 1.29 is 14.3 Å². The second-order valence-corrected chi connectivity index (χ2v) is 10.7. The van der Waals surface area contributed by atoms with Crippen molar-refractivity contribution in [3.05, 3.63) is 60.2 Å². The number of hydrogen-bond acceptors (Lipinski definition) is 4. The summed E-state index contributed by atoms with van der Waals surface area (Å²) in [6.07, 6.45) is 5.77. The van der Waals surface area contributed by atoms with Crippen LogP contribution in [-0.4, -0.2) is 30.4 Å². The van der Waals surface area contributed by atoms with Crippen LogP contribution in [0.4, 0.5) is 5.69 Å². The first kappa shape index (κ1) is 27.6. The zero-order valence-corrected chi connectivity index (χ0v) is 22.1. The average molecular weight is 494 g/mol. The van der Waals surface area contributed by atoms with Crippen LogP contribution >= 0.6 is 0 Å². The van der Waals surface area contributed by atoms with Crippen molar-refractivity contribution in [3.8, 4) is 5.75 Å². The molecule has 6 heteroatoms. The van der Waals surface area contributed by atoms with Crippen molar-refractivity contribution in [2.24, 2.45) is 17.6 Å². The van der Waals surface area contributed by atoms with E-state index in [4.69, 9.17) is 10.5 Å². The Labute approximate surface area is 216 Å². The van der Waals surface area contributed by atoms with Crippen LogP contribution in [0.5, 0.6) is 5.75 Å². The third-order valence-corrected chi connectivity index (χ3v) is 6.95. The molecule has 1 saturated carbocycles. The monoisotopic (exact) mass is 493 g/mol. The first-order valence-electron chi connectivity index (χ1n) is 13.4. The Balaban J connectivity index is 1.54. The average Bonchev–Trinajstić information content (AvgIpc) is 2.84. The van der Waals surface area contributed by atoms with E-state index >= 15 is 0 Å². The molecule has 2 aromatic carbocycles. The van der Waals surface area contributed by atoms with Crippen LogP contribution in [0, 0.1) is 11.8 Å². The van der Waals surface area contributed by atoms with E-state index < -0.39 is 0 Å². The lowest BCUT2D eigenvalue weighted by atomic mass is 9.89. The van der Waals surface area contributed by atoms with Crippen LogP contribution < -0.4 is 20.7 Å². The molecule has 0 bridgehead atoms. The largest absolute Gasteiger partial charge is 0.489 e. The highest BCUT2D eigenvalue weighted by Crippen LogP contribution is 2.30. The summed E-state index contributed by atoms with van der Waals surface area (Å²) in [7, 11) is 0. The maximum absolute atomic E-state index is 12.4. The highest BCUT2D eigenvalue weighted by Gasteiger charge is 2.27. The molecule has 36 heavy (non-hydrogen) atoms. The molecule has 0 radical (unpaired) electrons. The molecule has 3 N–H and O–H groups in total. The lowest BCUT2D eigenvalue weighted by Gasteiger charge is -2.39. The van der Waals surface area contributed by atoms with E-state index in [-0.39, 0.29) is 30.2 Å². The topological polar surface area (TPSA) is 84.7 Å². The zero-order valence-electron chi connectivity index (χ0n) is 22.1. The number of primary amides is 1. The van der Waals surface area contributed by atoms with Gasteiger partial charge in [0.05, 0.1) is 0 Å². The van der Waals surface area contributed by atoms with Gasteiger partial charge in [-0.25, -0.2) is 0 Å². The van der Waals surface area contributed by atoms with E-state index in [1.807, 2.05) is 25.1 Å². The summed E-state index contributed by atoms with van der Waals surface area (Å²) in [5, 5.41) is 3.18. The predicted octanol–water partition coefficient (Wildman–Crippen LogP) is 5.45. The van der Waals surface area contributed by atoms with Crippen LogP contribution in [-0.2, 0) is 16.2 Å². The molecule has 1 unspecified atom stereocenters. The quantitative estimate of drug-likeness (QED) is 0.389. The van der Waals surface area contributed by atoms with Crippen LogP contribution in [0.1, 0.15) is 71.3 Å². The molecule has 1 aliphatic rings. The van der Waals surface area contributed by atoms with Crippen LogP contribution in [0.2, 0.25) is 0 Å². The smallest absolute Gasteiger partial charge is 0.220 e. The van der Waals surface area contributed by atoms with Crippen molar-refractivity contribution in [2.45, 2.75) is 84.4 Å². The number of nitrogens with one attached hydrogen (secondary N) is 1. The number of carbonyl (C=O) groups is 2. The Morgan fingerprint density at radius 2 is 1.64 bits per heavy atom. The van der Waals surface area contributed by atoms with Gasteiger partial charge in [-0.15, -0.1) is 0 Å². The second kappa shape index (κ2) is 13.9. The van der Waals surface area contributed by atoms with Crippen molar-refractivity contribution in [2.75, 3.05) is 11.4 Å². The Kier molecular flexibility index (Phi) is 10.6. The second-order valence-electron chi connectivity index (χ2n) is 10.7. The first-order chi connectivity index (χ1) is 17.3. The summed E-state index contributed by atoms with van der Waals surface area (Å²) in [4.78, 5) is 26.0. The van der Waals surface area contributed by atoms with E-state index in [0.717, 1.165) is 50.0 Å². The fourth-order valence-corrected chi connectivity index (χ4v) is 4.95. The molecule has 0 heterocycles. The SMILES string of the molecule is CC(C)CCN(c1ccc(OCc2ccccc2)cc1)C1CCC(NC(=O)CC(C)CC(N)=O)CC1.